The van der Waals surface area contributed by atoms with E-state index in [-0.39, 0.29) is 5.41 Å². The number of hydrogen-bond acceptors (Lipinski definition) is 4. The van der Waals surface area contributed by atoms with Crippen LogP contribution in [0.5, 0.6) is 0 Å². The van der Waals surface area contributed by atoms with Crippen LogP contribution in [0.15, 0.2) is 230 Å². The van der Waals surface area contributed by atoms with Gasteiger partial charge in [0.2, 0.25) is 0 Å². The maximum atomic E-state index is 9.71. The van der Waals surface area contributed by atoms with Crippen LogP contribution in [0, 0.1) is 22.7 Å². The van der Waals surface area contributed by atoms with Crippen molar-refractivity contribution >= 4 is 77.7 Å². The molecule has 2 aliphatic rings. The Bertz CT molecular complexity index is 3830. The van der Waals surface area contributed by atoms with E-state index < -0.39 is 0 Å². The first-order valence-corrected chi connectivity index (χ1v) is 23.6. The summed E-state index contributed by atoms with van der Waals surface area (Å²) in [6.45, 7) is 2.31. The monoisotopic (exact) mass is 886 g/mol. The Kier molecular flexibility index (Phi) is 10.2. The second-order valence-electron chi connectivity index (χ2n) is 18.2. The van der Waals surface area contributed by atoms with Gasteiger partial charge in [0, 0.05) is 72.5 Å². The summed E-state index contributed by atoms with van der Waals surface area (Å²) in [7, 11) is 0. The highest BCUT2D eigenvalue weighted by Gasteiger charge is 2.28. The van der Waals surface area contributed by atoms with E-state index in [1.54, 1.807) is 0 Å². The van der Waals surface area contributed by atoms with Gasteiger partial charge in [0.1, 0.15) is 0 Å². The van der Waals surface area contributed by atoms with E-state index in [1.807, 2.05) is 48.5 Å². The minimum absolute atomic E-state index is 0.269. The van der Waals surface area contributed by atoms with Crippen molar-refractivity contribution in [1.82, 2.24) is 9.13 Å². The first kappa shape index (κ1) is 41.3. The van der Waals surface area contributed by atoms with Gasteiger partial charge >= 0.3 is 0 Å². The van der Waals surface area contributed by atoms with Crippen LogP contribution in [0.25, 0.3) is 55.0 Å². The third kappa shape index (κ3) is 7.19. The first-order chi connectivity index (χ1) is 34.0. The van der Waals surface area contributed by atoms with Crippen molar-refractivity contribution in [2.45, 2.75) is 31.6 Å². The molecular formula is C63H46N6. The van der Waals surface area contributed by atoms with Gasteiger partial charge in [-0.15, -0.1) is 0 Å². The van der Waals surface area contributed by atoms with Crippen LogP contribution in [0.2, 0.25) is 0 Å². The zero-order valence-electron chi connectivity index (χ0n) is 38.2. The Hall–Kier alpha value is -9.10. The van der Waals surface area contributed by atoms with Gasteiger partial charge in [-0.1, -0.05) is 98.0 Å². The van der Waals surface area contributed by atoms with Gasteiger partial charge in [-0.3, -0.25) is 0 Å². The van der Waals surface area contributed by atoms with Crippen molar-refractivity contribution in [1.29, 1.82) is 10.5 Å². The van der Waals surface area contributed by atoms with Crippen molar-refractivity contribution in [3.63, 3.8) is 0 Å². The van der Waals surface area contributed by atoms with E-state index >= 15 is 0 Å². The minimum atomic E-state index is -0.269. The minimum Gasteiger partial charge on any atom is -0.313 e. The Labute approximate surface area is 401 Å². The molecule has 0 aliphatic heterocycles. The lowest BCUT2D eigenvalue weighted by atomic mass is 9.76. The molecule has 0 amide bonds. The summed E-state index contributed by atoms with van der Waals surface area (Å²) in [5.74, 6) is 0. The highest BCUT2D eigenvalue weighted by Crippen LogP contribution is 2.44. The van der Waals surface area contributed by atoms with Crippen LogP contribution in [0.3, 0.4) is 0 Å². The number of rotatable bonds is 9. The summed E-state index contributed by atoms with van der Waals surface area (Å²) in [5.41, 5.74) is 15.5. The molecule has 2 heterocycles. The van der Waals surface area contributed by atoms with Crippen molar-refractivity contribution < 1.29 is 0 Å². The van der Waals surface area contributed by atoms with E-state index in [0.717, 1.165) is 70.1 Å². The number of para-hydroxylation sites is 3. The van der Waals surface area contributed by atoms with Crippen LogP contribution >= 0.6 is 0 Å². The molecule has 2 aliphatic carbocycles. The lowest BCUT2D eigenvalue weighted by Crippen LogP contribution is -2.24. The van der Waals surface area contributed by atoms with Crippen molar-refractivity contribution in [3.05, 3.63) is 247 Å². The maximum Gasteiger partial charge on any atom is 0.0991 e. The average molecular weight is 887 g/mol. The van der Waals surface area contributed by atoms with Crippen molar-refractivity contribution in [3.8, 4) is 17.8 Å². The van der Waals surface area contributed by atoms with Gasteiger partial charge in [-0.2, -0.15) is 10.5 Å². The van der Waals surface area contributed by atoms with E-state index in [0.29, 0.717) is 11.1 Å². The third-order valence-corrected chi connectivity index (χ3v) is 14.0. The highest BCUT2D eigenvalue weighted by atomic mass is 15.2. The number of allylic oxidation sites excluding steroid dienone is 7. The average Bonchev–Trinajstić information content (AvgIpc) is 3.93. The molecular weight excluding hydrogens is 841 g/mol. The molecule has 69 heavy (non-hydrogen) atoms. The second-order valence-corrected chi connectivity index (χ2v) is 18.2. The lowest BCUT2D eigenvalue weighted by Gasteiger charge is -2.34. The molecule has 8 aromatic carbocycles. The summed E-state index contributed by atoms with van der Waals surface area (Å²) >= 11 is 0. The molecule has 0 saturated heterocycles. The predicted octanol–water partition coefficient (Wildman–Crippen LogP) is 16.2. The summed E-state index contributed by atoms with van der Waals surface area (Å²) in [6, 6.07) is 70.7. The largest absolute Gasteiger partial charge is 0.313 e. The van der Waals surface area contributed by atoms with E-state index in [9.17, 15) is 10.5 Å². The maximum absolute atomic E-state index is 9.71. The normalized spacial score (nSPS) is 15.5. The summed E-state index contributed by atoms with van der Waals surface area (Å²) in [5, 5.41) is 24.2. The van der Waals surface area contributed by atoms with Crippen molar-refractivity contribution in [2.75, 3.05) is 9.80 Å². The van der Waals surface area contributed by atoms with Gasteiger partial charge in [0.05, 0.1) is 45.3 Å². The number of nitriles is 2. The summed E-state index contributed by atoms with van der Waals surface area (Å²) in [6.07, 6.45) is 16.4. The van der Waals surface area contributed by atoms with Gasteiger partial charge in [-0.25, -0.2) is 0 Å². The Morgan fingerprint density at radius 3 is 1.58 bits per heavy atom. The Morgan fingerprint density at radius 2 is 1.01 bits per heavy atom. The van der Waals surface area contributed by atoms with Gasteiger partial charge in [0.25, 0.3) is 0 Å². The fraction of sp³-hybridized carbons (Fsp3) is 0.0794. The van der Waals surface area contributed by atoms with Crippen LogP contribution in [-0.4, -0.2) is 9.13 Å². The van der Waals surface area contributed by atoms with Crippen LogP contribution in [0.4, 0.5) is 28.4 Å². The van der Waals surface area contributed by atoms with Gasteiger partial charge < -0.3 is 18.9 Å². The highest BCUT2D eigenvalue weighted by molar-refractivity contribution is 6.12. The molecule has 0 spiro atoms. The quantitative estimate of drug-likeness (QED) is 0.145. The van der Waals surface area contributed by atoms with Crippen LogP contribution in [0.1, 0.15) is 42.9 Å². The van der Waals surface area contributed by atoms with E-state index in [1.165, 1.54) is 43.8 Å². The molecule has 1 unspecified atom stereocenters. The molecule has 328 valence electrons. The summed E-state index contributed by atoms with van der Waals surface area (Å²) in [4.78, 5) is 4.60. The second kappa shape index (κ2) is 17.0. The SMILES string of the molecule is CC1(c2ccc(N(c3ccc(C#N)cc3)c3ccc4c(c3)c3ccccc3n4C3=CC=CCC3)cc2)C=CC(N(c2ccc(C#N)cc2)c2ccc3c(c2)c2ccccc2n3-c2ccccc2)=CC1. The number of fused-ring (bicyclic) bond motifs is 6. The molecule has 0 N–H and O–H groups in total. The zero-order valence-corrected chi connectivity index (χ0v) is 38.2. The van der Waals surface area contributed by atoms with Crippen molar-refractivity contribution in [2.24, 2.45) is 0 Å². The molecule has 0 bridgehead atoms. The molecule has 0 saturated carbocycles. The molecule has 2 aromatic heterocycles. The number of aromatic nitrogens is 2. The number of hydrogen-bond donors (Lipinski definition) is 0. The number of anilines is 5. The summed E-state index contributed by atoms with van der Waals surface area (Å²) < 4.78 is 4.76. The zero-order chi connectivity index (χ0) is 46.5. The molecule has 10 aromatic rings. The molecule has 0 radical (unpaired) electrons. The molecule has 0 fully saturated rings. The Balaban J connectivity index is 0.900. The standard InChI is InChI=1S/C63H46N6/c1-63(38-36-52(37-39-63)67(50-28-22-45(43-65)23-29-50)54-33-35-62-58(41-54)56-17-9-11-19-60(56)69(62)48-14-6-3-7-15-48)46-24-30-51(31-25-46)66(49-26-20-44(42-64)21-27-49)53-32-34-61-57(40-53)55-16-8-10-18-59(55)68(61)47-12-4-2-5-13-47/h2-4,6-12,14-38,40-41H,5,13,39H2,1H3. The number of nitrogens with zero attached hydrogens (tertiary/aromatic N) is 6. The Morgan fingerprint density at radius 1 is 0.507 bits per heavy atom. The molecule has 12 rings (SSSR count). The molecule has 1 atom stereocenters. The lowest BCUT2D eigenvalue weighted by molar-refractivity contribution is 0.595. The van der Waals surface area contributed by atoms with Gasteiger partial charge in [-0.05, 0) is 158 Å². The smallest absolute Gasteiger partial charge is 0.0991 e. The topological polar surface area (TPSA) is 63.9 Å². The van der Waals surface area contributed by atoms with Gasteiger partial charge in [0.15, 0.2) is 0 Å². The predicted molar refractivity (Wildman–Crippen MR) is 285 cm³/mol. The fourth-order valence-corrected chi connectivity index (χ4v) is 10.5. The fourth-order valence-electron chi connectivity index (χ4n) is 10.5. The van der Waals surface area contributed by atoms with Crippen LogP contribution in [-0.2, 0) is 5.41 Å². The first-order valence-electron chi connectivity index (χ1n) is 23.6. The number of benzene rings is 8. The molecule has 6 heteroatoms. The third-order valence-electron chi connectivity index (χ3n) is 14.0. The van der Waals surface area contributed by atoms with Crippen LogP contribution < -0.4 is 9.80 Å². The van der Waals surface area contributed by atoms with E-state index in [4.69, 9.17) is 0 Å². The molecule has 6 nitrogen and oxygen atoms in total. The van der Waals surface area contributed by atoms with E-state index in [2.05, 4.69) is 214 Å².